The van der Waals surface area contributed by atoms with Gasteiger partial charge < -0.3 is 14.8 Å². The Bertz CT molecular complexity index is 781. The number of amides is 1. The minimum absolute atomic E-state index is 0.0758. The summed E-state index contributed by atoms with van der Waals surface area (Å²) in [5.41, 5.74) is 2.89. The molecule has 5 heteroatoms. The van der Waals surface area contributed by atoms with Crippen LogP contribution in [0.25, 0.3) is 0 Å². The Morgan fingerprint density at radius 1 is 1.00 bits per heavy atom. The van der Waals surface area contributed by atoms with Crippen LogP contribution in [0, 0.1) is 5.92 Å². The molecule has 0 bridgehead atoms. The average molecular weight is 383 g/mol. The topological polar surface area (TPSA) is 50.8 Å². The van der Waals surface area contributed by atoms with Gasteiger partial charge in [-0.2, -0.15) is 0 Å². The number of methoxy groups -OCH3 is 2. The average Bonchev–Trinajstić information content (AvgIpc) is 2.74. The van der Waals surface area contributed by atoms with Gasteiger partial charge in [0.2, 0.25) is 0 Å². The first kappa shape index (κ1) is 20.2. The normalized spacial score (nSPS) is 15.2. The highest BCUT2D eigenvalue weighted by Gasteiger charge is 2.16. The van der Waals surface area contributed by atoms with E-state index in [4.69, 9.17) is 9.47 Å². The highest BCUT2D eigenvalue weighted by atomic mass is 16.5. The number of carbonyl (C=O) groups excluding carboxylic acids is 1. The van der Waals surface area contributed by atoms with Gasteiger partial charge in [0.15, 0.2) is 11.5 Å². The Balaban J connectivity index is 1.53. The molecule has 1 aliphatic rings. The van der Waals surface area contributed by atoms with Crippen LogP contribution in [-0.4, -0.2) is 38.1 Å². The van der Waals surface area contributed by atoms with E-state index in [1.54, 1.807) is 14.2 Å². The van der Waals surface area contributed by atoms with Crippen LogP contribution in [-0.2, 0) is 13.1 Å². The number of hydrogen-bond donors (Lipinski definition) is 1. The van der Waals surface area contributed by atoms with E-state index in [2.05, 4.69) is 29.3 Å². The van der Waals surface area contributed by atoms with E-state index in [-0.39, 0.29) is 5.91 Å². The Morgan fingerprint density at radius 3 is 2.29 bits per heavy atom. The molecule has 0 saturated carbocycles. The van der Waals surface area contributed by atoms with Crippen molar-refractivity contribution < 1.29 is 14.3 Å². The van der Waals surface area contributed by atoms with E-state index in [9.17, 15) is 4.79 Å². The van der Waals surface area contributed by atoms with Gasteiger partial charge in [0.1, 0.15) is 0 Å². The van der Waals surface area contributed by atoms with Crippen LogP contribution >= 0.6 is 0 Å². The molecule has 3 rings (SSSR count). The summed E-state index contributed by atoms with van der Waals surface area (Å²) in [5.74, 6) is 2.10. The summed E-state index contributed by atoms with van der Waals surface area (Å²) >= 11 is 0. The zero-order chi connectivity index (χ0) is 19.9. The lowest BCUT2D eigenvalue weighted by molar-refractivity contribution is 0.0951. The van der Waals surface area contributed by atoms with Gasteiger partial charge in [-0.3, -0.25) is 9.69 Å². The third-order valence-corrected chi connectivity index (χ3v) is 5.40. The molecule has 1 N–H and O–H groups in total. The number of nitrogens with one attached hydrogen (secondary N) is 1. The Hall–Kier alpha value is -2.53. The Labute approximate surface area is 167 Å². The summed E-state index contributed by atoms with van der Waals surface area (Å²) in [7, 11) is 3.21. The number of ether oxygens (including phenoxy) is 2. The number of hydrogen-bond acceptors (Lipinski definition) is 4. The summed E-state index contributed by atoms with van der Waals surface area (Å²) in [6, 6.07) is 13.6. The zero-order valence-corrected chi connectivity index (χ0v) is 17.0. The molecule has 1 amide bonds. The standard InChI is InChI=1S/C23H30N2O3/c1-17-10-12-25(13-11-17)16-18-4-7-20(8-5-18)23(26)24-15-19-6-9-21(27-2)22(14-19)28-3/h4-9,14,17H,10-13,15-16H2,1-3H3,(H,24,26). The fourth-order valence-electron chi connectivity index (χ4n) is 3.51. The minimum atomic E-state index is -0.0758. The van der Waals surface area contributed by atoms with Crippen molar-refractivity contribution in [2.24, 2.45) is 5.92 Å². The van der Waals surface area contributed by atoms with Crippen molar-refractivity contribution in [3.8, 4) is 11.5 Å². The first-order valence-corrected chi connectivity index (χ1v) is 9.89. The molecule has 1 saturated heterocycles. The maximum absolute atomic E-state index is 12.5. The van der Waals surface area contributed by atoms with E-state index in [0.29, 0.717) is 23.6 Å². The Morgan fingerprint density at radius 2 is 1.64 bits per heavy atom. The van der Waals surface area contributed by atoms with Crippen molar-refractivity contribution in [3.63, 3.8) is 0 Å². The van der Waals surface area contributed by atoms with Crippen LogP contribution in [0.2, 0.25) is 0 Å². The van der Waals surface area contributed by atoms with Gasteiger partial charge >= 0.3 is 0 Å². The quantitative estimate of drug-likeness (QED) is 0.790. The van der Waals surface area contributed by atoms with Gasteiger partial charge in [-0.1, -0.05) is 25.1 Å². The third-order valence-electron chi connectivity index (χ3n) is 5.40. The van der Waals surface area contributed by atoms with E-state index in [0.717, 1.165) is 31.1 Å². The molecule has 0 unspecified atom stereocenters. The number of benzene rings is 2. The van der Waals surface area contributed by atoms with Gasteiger partial charge in [0.05, 0.1) is 14.2 Å². The highest BCUT2D eigenvalue weighted by Crippen LogP contribution is 2.27. The molecule has 0 atom stereocenters. The molecule has 0 aromatic heterocycles. The van der Waals surface area contributed by atoms with Crippen molar-refractivity contribution in [2.75, 3.05) is 27.3 Å². The van der Waals surface area contributed by atoms with Gasteiger partial charge in [0, 0.05) is 18.7 Å². The lowest BCUT2D eigenvalue weighted by Crippen LogP contribution is -2.32. The van der Waals surface area contributed by atoms with Gasteiger partial charge in [0.25, 0.3) is 5.91 Å². The summed E-state index contributed by atoms with van der Waals surface area (Å²) in [5, 5.41) is 2.96. The van der Waals surface area contributed by atoms with Gasteiger partial charge in [-0.05, 0) is 67.2 Å². The van der Waals surface area contributed by atoms with E-state index >= 15 is 0 Å². The van der Waals surface area contributed by atoms with Gasteiger partial charge in [-0.25, -0.2) is 0 Å². The minimum Gasteiger partial charge on any atom is -0.493 e. The van der Waals surface area contributed by atoms with Crippen molar-refractivity contribution in [1.82, 2.24) is 10.2 Å². The summed E-state index contributed by atoms with van der Waals surface area (Å²) in [4.78, 5) is 14.9. The molecule has 5 nitrogen and oxygen atoms in total. The van der Waals surface area contributed by atoms with Crippen molar-refractivity contribution in [2.45, 2.75) is 32.9 Å². The first-order valence-electron chi connectivity index (χ1n) is 9.89. The summed E-state index contributed by atoms with van der Waals surface area (Å²) in [6.07, 6.45) is 2.55. The fourth-order valence-corrected chi connectivity index (χ4v) is 3.51. The number of nitrogens with zero attached hydrogens (tertiary/aromatic N) is 1. The second-order valence-electron chi connectivity index (χ2n) is 7.53. The molecule has 150 valence electrons. The van der Waals surface area contributed by atoms with Crippen molar-refractivity contribution in [1.29, 1.82) is 0 Å². The molecule has 0 spiro atoms. The lowest BCUT2D eigenvalue weighted by Gasteiger charge is -2.30. The van der Waals surface area contributed by atoms with Crippen LogP contribution in [0.1, 0.15) is 41.3 Å². The molecule has 1 heterocycles. The molecular weight excluding hydrogens is 352 g/mol. The maximum Gasteiger partial charge on any atom is 0.251 e. The van der Waals surface area contributed by atoms with Crippen LogP contribution in [0.3, 0.4) is 0 Å². The second kappa shape index (κ2) is 9.60. The smallest absolute Gasteiger partial charge is 0.251 e. The maximum atomic E-state index is 12.5. The largest absolute Gasteiger partial charge is 0.493 e. The predicted molar refractivity (Wildman–Crippen MR) is 111 cm³/mol. The number of piperidine rings is 1. The molecule has 1 fully saturated rings. The third kappa shape index (κ3) is 5.26. The monoisotopic (exact) mass is 382 g/mol. The Kier molecular flexibility index (Phi) is 6.93. The molecule has 1 aliphatic heterocycles. The molecule has 0 radical (unpaired) electrons. The van der Waals surface area contributed by atoms with E-state index in [1.165, 1.54) is 18.4 Å². The first-order chi connectivity index (χ1) is 13.6. The van der Waals surface area contributed by atoms with Crippen molar-refractivity contribution >= 4 is 5.91 Å². The number of likely N-dealkylation sites (tertiary alicyclic amines) is 1. The van der Waals surface area contributed by atoms with Crippen molar-refractivity contribution in [3.05, 3.63) is 59.2 Å². The molecule has 2 aromatic rings. The van der Waals surface area contributed by atoms with Crippen LogP contribution in [0.4, 0.5) is 0 Å². The summed E-state index contributed by atoms with van der Waals surface area (Å²) in [6.45, 7) is 6.05. The second-order valence-corrected chi connectivity index (χ2v) is 7.53. The molecular formula is C23H30N2O3. The van der Waals surface area contributed by atoms with Crippen LogP contribution in [0.15, 0.2) is 42.5 Å². The number of carbonyl (C=O) groups is 1. The van der Waals surface area contributed by atoms with Gasteiger partial charge in [-0.15, -0.1) is 0 Å². The lowest BCUT2D eigenvalue weighted by atomic mass is 9.99. The van der Waals surface area contributed by atoms with E-state index in [1.807, 2.05) is 30.3 Å². The SMILES string of the molecule is COc1ccc(CNC(=O)c2ccc(CN3CCC(C)CC3)cc2)cc1OC. The number of rotatable bonds is 7. The summed E-state index contributed by atoms with van der Waals surface area (Å²) < 4.78 is 10.5. The molecule has 2 aromatic carbocycles. The predicted octanol–water partition coefficient (Wildman–Crippen LogP) is 3.87. The fraction of sp³-hybridized carbons (Fsp3) is 0.435. The molecule has 0 aliphatic carbocycles. The van der Waals surface area contributed by atoms with Crippen LogP contribution < -0.4 is 14.8 Å². The van der Waals surface area contributed by atoms with E-state index < -0.39 is 0 Å². The highest BCUT2D eigenvalue weighted by molar-refractivity contribution is 5.94. The molecule has 28 heavy (non-hydrogen) atoms. The zero-order valence-electron chi connectivity index (χ0n) is 17.0. The van der Waals surface area contributed by atoms with Crippen LogP contribution in [0.5, 0.6) is 11.5 Å².